The topological polar surface area (TPSA) is 69.3 Å². The number of nitrogens with one attached hydrogen (secondary N) is 1. The average Bonchev–Trinajstić information content (AvgIpc) is 2.82. The van der Waals surface area contributed by atoms with Gasteiger partial charge in [-0.2, -0.15) is 5.10 Å². The van der Waals surface area contributed by atoms with Gasteiger partial charge in [-0.25, -0.2) is 9.49 Å². The number of rotatable bonds is 4. The molecule has 1 spiro atoms. The standard InChI is InChI=1S/C28H25FN4O2/c1-18-6-9-20(10-7-18)32-16-28(17-32)12-13-33(28)27(35)23-14-19(8-11-24(23)29)15-25-21-4-2-3-5-22(21)26(34)31-30-25/h2-11,14H,12-13,15-17H2,1H3,(H,31,34). The van der Waals surface area contributed by atoms with Gasteiger partial charge in [0.1, 0.15) is 5.82 Å². The fourth-order valence-electron chi connectivity index (χ4n) is 5.28. The predicted octanol–water partition coefficient (Wildman–Crippen LogP) is 4.07. The van der Waals surface area contributed by atoms with E-state index in [0.29, 0.717) is 24.0 Å². The molecule has 2 aliphatic rings. The number of nitrogens with zero attached hydrogens (tertiary/aromatic N) is 3. The molecule has 1 amide bonds. The molecule has 35 heavy (non-hydrogen) atoms. The van der Waals surface area contributed by atoms with Crippen LogP contribution < -0.4 is 10.5 Å². The molecule has 6 nitrogen and oxygen atoms in total. The van der Waals surface area contributed by atoms with Crippen LogP contribution in [0.4, 0.5) is 10.1 Å². The normalized spacial score (nSPS) is 16.3. The van der Waals surface area contributed by atoms with E-state index in [9.17, 15) is 14.0 Å². The molecule has 0 atom stereocenters. The number of halogens is 1. The highest BCUT2D eigenvalue weighted by Gasteiger charge is 2.55. The molecule has 0 saturated carbocycles. The van der Waals surface area contributed by atoms with E-state index in [4.69, 9.17) is 0 Å². The Bertz CT molecular complexity index is 1510. The van der Waals surface area contributed by atoms with Crippen molar-refractivity contribution in [3.05, 3.63) is 105 Å². The van der Waals surface area contributed by atoms with Crippen LogP contribution in [0.15, 0.2) is 71.5 Å². The van der Waals surface area contributed by atoms with E-state index in [-0.39, 0.29) is 22.6 Å². The van der Waals surface area contributed by atoms with Crippen molar-refractivity contribution >= 4 is 22.4 Å². The maximum absolute atomic E-state index is 14.8. The molecule has 3 aromatic carbocycles. The molecule has 1 N–H and O–H groups in total. The molecule has 0 radical (unpaired) electrons. The number of H-pyrrole nitrogens is 1. The summed E-state index contributed by atoms with van der Waals surface area (Å²) >= 11 is 0. The molecule has 2 aliphatic heterocycles. The van der Waals surface area contributed by atoms with Crippen molar-refractivity contribution in [2.75, 3.05) is 24.5 Å². The lowest BCUT2D eigenvalue weighted by atomic mass is 9.76. The molecular formula is C28H25FN4O2. The lowest BCUT2D eigenvalue weighted by molar-refractivity contribution is -0.0189. The smallest absolute Gasteiger partial charge is 0.272 e. The van der Waals surface area contributed by atoms with E-state index in [1.54, 1.807) is 24.3 Å². The Morgan fingerprint density at radius 3 is 2.51 bits per heavy atom. The van der Waals surface area contributed by atoms with Gasteiger partial charge in [0.15, 0.2) is 0 Å². The second kappa shape index (κ2) is 8.05. The molecule has 2 fully saturated rings. The summed E-state index contributed by atoms with van der Waals surface area (Å²) in [5, 5.41) is 8.06. The van der Waals surface area contributed by atoms with Crippen molar-refractivity contribution in [3.8, 4) is 0 Å². The van der Waals surface area contributed by atoms with E-state index in [1.807, 2.05) is 17.0 Å². The van der Waals surface area contributed by atoms with E-state index in [2.05, 4.69) is 46.3 Å². The minimum atomic E-state index is -0.519. The summed E-state index contributed by atoms with van der Waals surface area (Å²) in [6.07, 6.45) is 1.31. The van der Waals surface area contributed by atoms with Crippen LogP contribution in [0.5, 0.6) is 0 Å². The predicted molar refractivity (Wildman–Crippen MR) is 133 cm³/mol. The fourth-order valence-corrected chi connectivity index (χ4v) is 5.28. The van der Waals surface area contributed by atoms with Gasteiger partial charge in [0.2, 0.25) is 0 Å². The number of amides is 1. The van der Waals surface area contributed by atoms with Crippen LogP contribution in [0.3, 0.4) is 0 Å². The Kier molecular flexibility index (Phi) is 4.95. The average molecular weight is 469 g/mol. The van der Waals surface area contributed by atoms with Crippen LogP contribution in [-0.4, -0.2) is 46.2 Å². The minimum Gasteiger partial charge on any atom is -0.367 e. The van der Waals surface area contributed by atoms with Gasteiger partial charge in [-0.3, -0.25) is 9.59 Å². The first-order chi connectivity index (χ1) is 16.9. The number of carbonyl (C=O) groups excluding carboxylic acids is 1. The first-order valence-corrected chi connectivity index (χ1v) is 11.8. The third-order valence-electron chi connectivity index (χ3n) is 7.40. The summed E-state index contributed by atoms with van der Waals surface area (Å²) in [6, 6.07) is 20.3. The zero-order valence-corrected chi connectivity index (χ0v) is 19.4. The van der Waals surface area contributed by atoms with Crippen molar-refractivity contribution in [3.63, 3.8) is 0 Å². The van der Waals surface area contributed by atoms with E-state index < -0.39 is 5.82 Å². The number of anilines is 1. The zero-order valence-electron chi connectivity index (χ0n) is 19.4. The van der Waals surface area contributed by atoms with Gasteiger partial charge in [0.25, 0.3) is 11.5 Å². The van der Waals surface area contributed by atoms with Crippen LogP contribution in [0.1, 0.15) is 33.6 Å². The van der Waals surface area contributed by atoms with Crippen molar-refractivity contribution in [2.45, 2.75) is 25.3 Å². The minimum absolute atomic E-state index is 0.0871. The molecule has 1 aromatic heterocycles. The number of aromatic nitrogens is 2. The summed E-state index contributed by atoms with van der Waals surface area (Å²) in [7, 11) is 0. The van der Waals surface area contributed by atoms with Crippen molar-refractivity contribution in [2.24, 2.45) is 0 Å². The quantitative estimate of drug-likeness (QED) is 0.490. The molecule has 0 bridgehead atoms. The summed E-state index contributed by atoms with van der Waals surface area (Å²) in [5.74, 6) is -0.784. The van der Waals surface area contributed by atoms with Crippen LogP contribution in [0, 0.1) is 12.7 Å². The highest BCUT2D eigenvalue weighted by Crippen LogP contribution is 2.42. The first-order valence-electron chi connectivity index (χ1n) is 11.8. The Labute approximate surface area is 202 Å². The van der Waals surface area contributed by atoms with Crippen LogP contribution in [0.2, 0.25) is 0 Å². The lowest BCUT2D eigenvalue weighted by Gasteiger charge is -2.63. The summed E-state index contributed by atoms with van der Waals surface area (Å²) in [5.41, 5.74) is 3.43. The molecule has 0 unspecified atom stereocenters. The second-order valence-corrected chi connectivity index (χ2v) is 9.66. The van der Waals surface area contributed by atoms with Crippen molar-refractivity contribution < 1.29 is 9.18 Å². The molecule has 7 heteroatoms. The number of aryl methyl sites for hydroxylation is 1. The third-order valence-corrected chi connectivity index (χ3v) is 7.40. The summed E-state index contributed by atoms with van der Waals surface area (Å²) < 4.78 is 14.8. The monoisotopic (exact) mass is 468 g/mol. The molecule has 6 rings (SSSR count). The number of likely N-dealkylation sites (tertiary alicyclic amines) is 1. The van der Waals surface area contributed by atoms with Gasteiger partial charge < -0.3 is 9.80 Å². The summed E-state index contributed by atoms with van der Waals surface area (Å²) in [6.45, 7) is 4.22. The summed E-state index contributed by atoms with van der Waals surface area (Å²) in [4.78, 5) is 29.6. The van der Waals surface area contributed by atoms with Gasteiger partial charge in [-0.1, -0.05) is 42.0 Å². The highest BCUT2D eigenvalue weighted by atomic mass is 19.1. The maximum Gasteiger partial charge on any atom is 0.272 e. The zero-order chi connectivity index (χ0) is 24.2. The number of fused-ring (bicyclic) bond motifs is 1. The van der Waals surface area contributed by atoms with Gasteiger partial charge >= 0.3 is 0 Å². The van der Waals surface area contributed by atoms with Crippen molar-refractivity contribution in [1.82, 2.24) is 15.1 Å². The van der Waals surface area contributed by atoms with Gasteiger partial charge in [-0.15, -0.1) is 0 Å². The second-order valence-electron chi connectivity index (χ2n) is 9.66. The number of benzene rings is 3. The molecular weight excluding hydrogens is 443 g/mol. The van der Waals surface area contributed by atoms with E-state index in [1.165, 1.54) is 11.6 Å². The van der Waals surface area contributed by atoms with Crippen LogP contribution in [-0.2, 0) is 6.42 Å². The highest BCUT2D eigenvalue weighted by molar-refractivity contribution is 5.96. The van der Waals surface area contributed by atoms with Crippen LogP contribution in [0.25, 0.3) is 10.8 Å². The maximum atomic E-state index is 14.8. The largest absolute Gasteiger partial charge is 0.367 e. The lowest BCUT2D eigenvalue weighted by Crippen LogP contribution is -2.78. The Morgan fingerprint density at radius 2 is 1.80 bits per heavy atom. The van der Waals surface area contributed by atoms with E-state index in [0.717, 1.165) is 36.1 Å². The Morgan fingerprint density at radius 1 is 1.06 bits per heavy atom. The third kappa shape index (κ3) is 3.58. The molecule has 2 saturated heterocycles. The molecule has 4 aromatic rings. The Hall–Kier alpha value is -4.00. The molecule has 0 aliphatic carbocycles. The number of aromatic amines is 1. The fraction of sp³-hybridized carbons (Fsp3) is 0.250. The van der Waals surface area contributed by atoms with Gasteiger partial charge in [-0.05, 0) is 49.2 Å². The number of carbonyl (C=O) groups is 1. The van der Waals surface area contributed by atoms with Crippen molar-refractivity contribution in [1.29, 1.82) is 0 Å². The van der Waals surface area contributed by atoms with Gasteiger partial charge in [0.05, 0.1) is 22.2 Å². The van der Waals surface area contributed by atoms with Crippen LogP contribution >= 0.6 is 0 Å². The molecule has 3 heterocycles. The number of hydrogen-bond acceptors (Lipinski definition) is 4. The molecule has 176 valence electrons. The van der Waals surface area contributed by atoms with E-state index >= 15 is 0 Å². The number of hydrogen-bond donors (Lipinski definition) is 1. The van der Waals surface area contributed by atoms with Gasteiger partial charge in [0, 0.05) is 37.1 Å². The first kappa shape index (κ1) is 21.5. The Balaban J connectivity index is 1.23. The SMILES string of the molecule is Cc1ccc(N2CC3(CCN3C(=O)c3cc(Cc4n[nH]c(=O)c5ccccc45)ccc3F)C2)cc1.